The van der Waals surface area contributed by atoms with Crippen LogP contribution in [0.3, 0.4) is 0 Å². The van der Waals surface area contributed by atoms with Crippen molar-refractivity contribution >= 4 is 43.1 Å². The molecule has 5 rings (SSSR count). The Morgan fingerprint density at radius 1 is 0.500 bits per heavy atom. The Balaban J connectivity index is 2.11. The number of hydrogen-bond donors (Lipinski definition) is 0. The smallest absolute Gasteiger partial charge is 0.119 e. The van der Waals surface area contributed by atoms with Crippen LogP contribution in [-0.4, -0.2) is 14.2 Å². The highest BCUT2D eigenvalue weighted by Gasteiger charge is 2.12. The van der Waals surface area contributed by atoms with E-state index in [0.29, 0.717) is 0 Å². The van der Waals surface area contributed by atoms with Gasteiger partial charge in [0, 0.05) is 0 Å². The van der Waals surface area contributed by atoms with Gasteiger partial charge in [-0.3, -0.25) is 0 Å². The van der Waals surface area contributed by atoms with Gasteiger partial charge < -0.3 is 9.47 Å². The van der Waals surface area contributed by atoms with Crippen molar-refractivity contribution in [3.05, 3.63) is 72.8 Å². The second kappa shape index (κ2) is 5.63. The summed E-state index contributed by atoms with van der Waals surface area (Å²) in [5.41, 5.74) is 0. The molecule has 0 unspecified atom stereocenters. The molecular weight excluding hydrogens is 320 g/mol. The van der Waals surface area contributed by atoms with Crippen LogP contribution in [0, 0.1) is 0 Å². The molecule has 0 aliphatic rings. The third-order valence-electron chi connectivity index (χ3n) is 5.23. The first-order valence-corrected chi connectivity index (χ1v) is 8.69. The fraction of sp³-hybridized carbons (Fsp3) is 0.0833. The van der Waals surface area contributed by atoms with Crippen molar-refractivity contribution < 1.29 is 9.47 Å². The quantitative estimate of drug-likeness (QED) is 0.351. The predicted molar refractivity (Wildman–Crippen MR) is 110 cm³/mol. The summed E-state index contributed by atoms with van der Waals surface area (Å²) >= 11 is 0. The summed E-state index contributed by atoms with van der Waals surface area (Å²) in [6.45, 7) is 0. The van der Waals surface area contributed by atoms with E-state index in [4.69, 9.17) is 9.47 Å². The summed E-state index contributed by atoms with van der Waals surface area (Å²) in [4.78, 5) is 0. The average molecular weight is 338 g/mol. The number of fused-ring (bicyclic) bond motifs is 8. The van der Waals surface area contributed by atoms with E-state index in [0.717, 1.165) is 11.5 Å². The standard InChI is InChI=1S/C24H18O2/c1-25-16-8-11-19-20-10-7-15-5-3-4-6-18(15)24(20)21-12-9-17(26-2)14-23(21)22(19)13-16/h3-14H,1-2H3. The molecule has 0 spiro atoms. The highest BCUT2D eigenvalue weighted by molar-refractivity contribution is 6.31. The van der Waals surface area contributed by atoms with E-state index in [-0.39, 0.29) is 0 Å². The minimum absolute atomic E-state index is 0.862. The van der Waals surface area contributed by atoms with Gasteiger partial charge in [0.2, 0.25) is 0 Å². The molecule has 0 bridgehead atoms. The highest BCUT2D eigenvalue weighted by atomic mass is 16.5. The van der Waals surface area contributed by atoms with Gasteiger partial charge in [-0.05, 0) is 67.4 Å². The average Bonchev–Trinajstić information content (AvgIpc) is 2.72. The van der Waals surface area contributed by atoms with Crippen LogP contribution in [0.5, 0.6) is 11.5 Å². The van der Waals surface area contributed by atoms with Crippen LogP contribution in [0.4, 0.5) is 0 Å². The maximum atomic E-state index is 5.50. The maximum Gasteiger partial charge on any atom is 0.119 e. The lowest BCUT2D eigenvalue weighted by Crippen LogP contribution is -1.89. The van der Waals surface area contributed by atoms with E-state index < -0.39 is 0 Å². The van der Waals surface area contributed by atoms with Gasteiger partial charge in [-0.1, -0.05) is 48.5 Å². The molecular formula is C24H18O2. The Bertz CT molecular complexity index is 1300. The summed E-state index contributed by atoms with van der Waals surface area (Å²) in [5, 5.41) is 9.91. The van der Waals surface area contributed by atoms with Gasteiger partial charge in [-0.25, -0.2) is 0 Å². The molecule has 0 saturated heterocycles. The van der Waals surface area contributed by atoms with Gasteiger partial charge in [-0.15, -0.1) is 0 Å². The molecule has 5 aromatic rings. The van der Waals surface area contributed by atoms with Crippen LogP contribution >= 0.6 is 0 Å². The van der Waals surface area contributed by atoms with Gasteiger partial charge in [0.1, 0.15) is 11.5 Å². The molecule has 26 heavy (non-hydrogen) atoms. The van der Waals surface area contributed by atoms with E-state index in [1.54, 1.807) is 14.2 Å². The number of rotatable bonds is 2. The number of ether oxygens (including phenoxy) is 2. The molecule has 2 heteroatoms. The monoisotopic (exact) mass is 338 g/mol. The highest BCUT2D eigenvalue weighted by Crippen LogP contribution is 2.41. The summed E-state index contributed by atoms with van der Waals surface area (Å²) < 4.78 is 11.0. The molecule has 126 valence electrons. The molecule has 0 atom stereocenters. The van der Waals surface area contributed by atoms with Crippen LogP contribution in [0.25, 0.3) is 43.1 Å². The van der Waals surface area contributed by atoms with Crippen molar-refractivity contribution in [2.24, 2.45) is 0 Å². The minimum atomic E-state index is 0.862. The summed E-state index contributed by atoms with van der Waals surface area (Å²) in [6.07, 6.45) is 0. The molecule has 0 N–H and O–H groups in total. The van der Waals surface area contributed by atoms with E-state index in [1.165, 1.54) is 43.1 Å². The van der Waals surface area contributed by atoms with E-state index in [2.05, 4.69) is 60.7 Å². The third kappa shape index (κ3) is 2.05. The molecule has 0 aliphatic heterocycles. The van der Waals surface area contributed by atoms with Crippen LogP contribution < -0.4 is 9.47 Å². The Morgan fingerprint density at radius 2 is 1.08 bits per heavy atom. The summed E-state index contributed by atoms with van der Waals surface area (Å²) in [6, 6.07) is 25.6. The van der Waals surface area contributed by atoms with Crippen LogP contribution in [0.1, 0.15) is 0 Å². The Hall–Kier alpha value is -3.26. The number of hydrogen-bond acceptors (Lipinski definition) is 2. The molecule has 2 nitrogen and oxygen atoms in total. The van der Waals surface area contributed by atoms with Gasteiger partial charge >= 0.3 is 0 Å². The largest absolute Gasteiger partial charge is 0.497 e. The Kier molecular flexibility index (Phi) is 3.26. The predicted octanol–water partition coefficient (Wildman–Crippen LogP) is 6.32. The fourth-order valence-corrected chi connectivity index (χ4v) is 3.99. The Labute approximate surface area is 151 Å². The van der Waals surface area contributed by atoms with E-state index >= 15 is 0 Å². The van der Waals surface area contributed by atoms with E-state index in [9.17, 15) is 0 Å². The first-order valence-electron chi connectivity index (χ1n) is 8.69. The third-order valence-corrected chi connectivity index (χ3v) is 5.23. The number of methoxy groups -OCH3 is 2. The lowest BCUT2D eigenvalue weighted by molar-refractivity contribution is 0.415. The molecule has 0 aliphatic carbocycles. The van der Waals surface area contributed by atoms with Crippen LogP contribution in [0.2, 0.25) is 0 Å². The molecule has 5 aromatic carbocycles. The van der Waals surface area contributed by atoms with Gasteiger partial charge in [-0.2, -0.15) is 0 Å². The van der Waals surface area contributed by atoms with Gasteiger partial charge in [0.05, 0.1) is 14.2 Å². The SMILES string of the molecule is COc1ccc2c(c1)c1cc(OC)ccc1c1c3ccccc3ccc21. The topological polar surface area (TPSA) is 18.5 Å². The van der Waals surface area contributed by atoms with Gasteiger partial charge in [0.15, 0.2) is 0 Å². The Morgan fingerprint density at radius 3 is 1.81 bits per heavy atom. The zero-order valence-corrected chi connectivity index (χ0v) is 14.7. The first kappa shape index (κ1) is 15.0. The second-order valence-electron chi connectivity index (χ2n) is 6.53. The minimum Gasteiger partial charge on any atom is -0.497 e. The van der Waals surface area contributed by atoms with Gasteiger partial charge in [0.25, 0.3) is 0 Å². The number of benzene rings is 5. The normalized spacial score (nSPS) is 11.5. The zero-order valence-electron chi connectivity index (χ0n) is 14.7. The van der Waals surface area contributed by atoms with Crippen molar-refractivity contribution in [2.75, 3.05) is 14.2 Å². The molecule has 0 fully saturated rings. The summed E-state index contributed by atoms with van der Waals surface area (Å²) in [5.74, 6) is 1.72. The molecule has 0 radical (unpaired) electrons. The molecule has 0 aromatic heterocycles. The molecule has 0 saturated carbocycles. The maximum absolute atomic E-state index is 5.50. The van der Waals surface area contributed by atoms with Crippen LogP contribution in [0.15, 0.2) is 72.8 Å². The second-order valence-corrected chi connectivity index (χ2v) is 6.53. The van der Waals surface area contributed by atoms with Crippen molar-refractivity contribution in [1.82, 2.24) is 0 Å². The van der Waals surface area contributed by atoms with Crippen LogP contribution in [-0.2, 0) is 0 Å². The van der Waals surface area contributed by atoms with Crippen molar-refractivity contribution in [3.63, 3.8) is 0 Å². The fourth-order valence-electron chi connectivity index (χ4n) is 3.99. The van der Waals surface area contributed by atoms with Crippen molar-refractivity contribution in [2.45, 2.75) is 0 Å². The van der Waals surface area contributed by atoms with Crippen molar-refractivity contribution in [3.8, 4) is 11.5 Å². The zero-order chi connectivity index (χ0) is 17.7. The molecule has 0 heterocycles. The molecule has 0 amide bonds. The summed E-state index contributed by atoms with van der Waals surface area (Å²) in [7, 11) is 3.42. The van der Waals surface area contributed by atoms with E-state index in [1.807, 2.05) is 12.1 Å². The van der Waals surface area contributed by atoms with Crippen molar-refractivity contribution in [1.29, 1.82) is 0 Å². The lowest BCUT2D eigenvalue weighted by atomic mass is 9.91. The lowest BCUT2D eigenvalue weighted by Gasteiger charge is -2.14. The first-order chi connectivity index (χ1) is 12.8.